The molecule has 0 spiro atoms. The molecule has 0 radical (unpaired) electrons. The van der Waals surface area contributed by atoms with Crippen LogP contribution in [0.15, 0.2) is 12.7 Å². The highest BCUT2D eigenvalue weighted by Crippen LogP contribution is 2.13. The van der Waals surface area contributed by atoms with Crippen molar-refractivity contribution in [2.45, 2.75) is 6.04 Å². The van der Waals surface area contributed by atoms with E-state index in [4.69, 9.17) is 10.5 Å². The number of hydrogen-bond donors (Lipinski definition) is 1. The number of ether oxygens (including phenoxy) is 1. The van der Waals surface area contributed by atoms with Crippen LogP contribution in [-0.2, 0) is 9.53 Å². The van der Waals surface area contributed by atoms with Crippen molar-refractivity contribution in [3.63, 3.8) is 0 Å². The maximum Gasteiger partial charge on any atom is 0.229 e. The first-order valence-electron chi connectivity index (χ1n) is 4.36. The van der Waals surface area contributed by atoms with Gasteiger partial charge in [-0.15, -0.1) is 6.58 Å². The summed E-state index contributed by atoms with van der Waals surface area (Å²) in [6.45, 7) is 5.06. The molecule has 1 heterocycles. The van der Waals surface area contributed by atoms with E-state index >= 15 is 0 Å². The molecule has 4 heteroatoms. The predicted molar refractivity (Wildman–Crippen MR) is 50.1 cm³/mol. The minimum Gasteiger partial charge on any atom is -0.379 e. The third-order valence-electron chi connectivity index (χ3n) is 2.22. The first-order valence-corrected chi connectivity index (χ1v) is 4.36. The van der Waals surface area contributed by atoms with Gasteiger partial charge < -0.3 is 15.4 Å². The van der Waals surface area contributed by atoms with Crippen molar-refractivity contribution in [1.82, 2.24) is 4.90 Å². The van der Waals surface area contributed by atoms with Gasteiger partial charge in [-0.2, -0.15) is 0 Å². The van der Waals surface area contributed by atoms with Crippen LogP contribution in [0, 0.1) is 5.92 Å². The molecule has 0 saturated carbocycles. The summed E-state index contributed by atoms with van der Waals surface area (Å²) in [6, 6.07) is -0.153. The number of nitrogens with zero attached hydrogens (tertiary/aromatic N) is 1. The van der Waals surface area contributed by atoms with Crippen molar-refractivity contribution >= 4 is 5.91 Å². The van der Waals surface area contributed by atoms with Crippen LogP contribution < -0.4 is 5.73 Å². The van der Waals surface area contributed by atoms with Gasteiger partial charge in [-0.05, 0) is 0 Å². The zero-order valence-corrected chi connectivity index (χ0v) is 7.90. The molecule has 0 aromatic carbocycles. The summed E-state index contributed by atoms with van der Waals surface area (Å²) in [5, 5.41) is 0. The van der Waals surface area contributed by atoms with E-state index in [2.05, 4.69) is 6.58 Å². The minimum atomic E-state index is -0.176. The second-order valence-electron chi connectivity index (χ2n) is 3.32. The van der Waals surface area contributed by atoms with Gasteiger partial charge in [0, 0.05) is 19.6 Å². The van der Waals surface area contributed by atoms with E-state index in [1.807, 2.05) is 0 Å². The lowest BCUT2D eigenvalue weighted by Gasteiger charge is -2.20. The molecule has 2 unspecified atom stereocenters. The Morgan fingerprint density at radius 2 is 2.46 bits per heavy atom. The summed E-state index contributed by atoms with van der Waals surface area (Å²) in [5.41, 5.74) is 5.72. The third kappa shape index (κ3) is 2.29. The van der Waals surface area contributed by atoms with E-state index in [1.54, 1.807) is 18.0 Å². The molecule has 4 nitrogen and oxygen atoms in total. The summed E-state index contributed by atoms with van der Waals surface area (Å²) in [4.78, 5) is 13.3. The van der Waals surface area contributed by atoms with Gasteiger partial charge >= 0.3 is 0 Å². The molecular weight excluding hydrogens is 168 g/mol. The van der Waals surface area contributed by atoms with Crippen LogP contribution >= 0.6 is 0 Å². The smallest absolute Gasteiger partial charge is 0.229 e. The molecule has 1 amide bonds. The third-order valence-corrected chi connectivity index (χ3v) is 2.22. The standard InChI is InChI=1S/C9H16N2O2/c1-3-4-11(2)9(12)7-5-13-6-8(7)10/h3,7-8H,1,4-6,10H2,2H3. The number of carbonyl (C=O) groups excluding carboxylic acids is 1. The van der Waals surface area contributed by atoms with Gasteiger partial charge in [0.05, 0.1) is 19.1 Å². The quantitative estimate of drug-likeness (QED) is 0.607. The number of likely N-dealkylation sites (N-methyl/N-ethyl adjacent to an activating group) is 1. The van der Waals surface area contributed by atoms with Gasteiger partial charge in [-0.3, -0.25) is 4.79 Å². The van der Waals surface area contributed by atoms with Gasteiger partial charge in [0.25, 0.3) is 0 Å². The molecule has 1 saturated heterocycles. The van der Waals surface area contributed by atoms with Gasteiger partial charge in [-0.25, -0.2) is 0 Å². The van der Waals surface area contributed by atoms with Crippen molar-refractivity contribution in [3.8, 4) is 0 Å². The van der Waals surface area contributed by atoms with Crippen LogP contribution in [0.3, 0.4) is 0 Å². The number of amides is 1. The van der Waals surface area contributed by atoms with Crippen molar-refractivity contribution in [2.75, 3.05) is 26.8 Å². The Labute approximate surface area is 78.3 Å². The fourth-order valence-corrected chi connectivity index (χ4v) is 1.39. The molecule has 0 bridgehead atoms. The lowest BCUT2D eigenvalue weighted by atomic mass is 10.0. The topological polar surface area (TPSA) is 55.6 Å². The van der Waals surface area contributed by atoms with E-state index in [0.717, 1.165) is 0 Å². The van der Waals surface area contributed by atoms with Crippen LogP contribution in [0.25, 0.3) is 0 Å². The Morgan fingerprint density at radius 3 is 2.92 bits per heavy atom. The number of hydrogen-bond acceptors (Lipinski definition) is 3. The van der Waals surface area contributed by atoms with Crippen molar-refractivity contribution < 1.29 is 9.53 Å². The molecule has 0 aromatic rings. The average Bonchev–Trinajstić information content (AvgIpc) is 2.50. The Morgan fingerprint density at radius 1 is 1.77 bits per heavy atom. The highest BCUT2D eigenvalue weighted by Gasteiger charge is 2.32. The first-order chi connectivity index (χ1) is 6.16. The summed E-state index contributed by atoms with van der Waals surface area (Å²) in [7, 11) is 1.75. The van der Waals surface area contributed by atoms with Crippen molar-refractivity contribution in [3.05, 3.63) is 12.7 Å². The normalized spacial score (nSPS) is 27.2. The maximum absolute atomic E-state index is 11.7. The van der Waals surface area contributed by atoms with Crippen LogP contribution in [0.1, 0.15) is 0 Å². The molecule has 74 valence electrons. The molecule has 1 fully saturated rings. The molecule has 0 aromatic heterocycles. The fourth-order valence-electron chi connectivity index (χ4n) is 1.39. The molecule has 0 aliphatic carbocycles. The van der Waals surface area contributed by atoms with Gasteiger partial charge in [-0.1, -0.05) is 6.08 Å². The summed E-state index contributed by atoms with van der Waals surface area (Å²) in [6.07, 6.45) is 1.69. The highest BCUT2D eigenvalue weighted by atomic mass is 16.5. The molecule has 1 rings (SSSR count). The van der Waals surface area contributed by atoms with E-state index in [1.165, 1.54) is 0 Å². The van der Waals surface area contributed by atoms with E-state index in [0.29, 0.717) is 19.8 Å². The van der Waals surface area contributed by atoms with Gasteiger partial charge in [0.1, 0.15) is 0 Å². The van der Waals surface area contributed by atoms with E-state index in [-0.39, 0.29) is 17.9 Å². The molecular formula is C9H16N2O2. The SMILES string of the molecule is C=CCN(C)C(=O)C1COCC1N. The maximum atomic E-state index is 11.7. The largest absolute Gasteiger partial charge is 0.379 e. The second kappa shape index (κ2) is 4.39. The summed E-state index contributed by atoms with van der Waals surface area (Å²) in [5.74, 6) is -0.130. The predicted octanol–water partition coefficient (Wildman–Crippen LogP) is -0.395. The second-order valence-corrected chi connectivity index (χ2v) is 3.32. The van der Waals surface area contributed by atoms with E-state index in [9.17, 15) is 4.79 Å². The average molecular weight is 184 g/mol. The zero-order valence-electron chi connectivity index (χ0n) is 7.90. The van der Waals surface area contributed by atoms with E-state index < -0.39 is 0 Å². The van der Waals surface area contributed by atoms with Gasteiger partial charge in [0.15, 0.2) is 0 Å². The first kappa shape index (κ1) is 10.2. The molecule has 13 heavy (non-hydrogen) atoms. The van der Waals surface area contributed by atoms with Crippen LogP contribution in [-0.4, -0.2) is 43.7 Å². The van der Waals surface area contributed by atoms with Gasteiger partial charge in [0.2, 0.25) is 5.91 Å². The monoisotopic (exact) mass is 184 g/mol. The Kier molecular flexibility index (Phi) is 3.45. The molecule has 1 aliphatic heterocycles. The van der Waals surface area contributed by atoms with Crippen LogP contribution in [0.5, 0.6) is 0 Å². The molecule has 1 aliphatic rings. The van der Waals surface area contributed by atoms with Crippen molar-refractivity contribution in [2.24, 2.45) is 11.7 Å². The zero-order chi connectivity index (χ0) is 9.84. The van der Waals surface area contributed by atoms with Crippen molar-refractivity contribution in [1.29, 1.82) is 0 Å². The molecule has 2 N–H and O–H groups in total. The number of carbonyl (C=O) groups is 1. The Balaban J connectivity index is 2.50. The molecule has 2 atom stereocenters. The fraction of sp³-hybridized carbons (Fsp3) is 0.667. The summed E-state index contributed by atoms with van der Waals surface area (Å²) < 4.78 is 5.12. The lowest BCUT2D eigenvalue weighted by molar-refractivity contribution is -0.133. The van der Waals surface area contributed by atoms with Crippen LogP contribution in [0.4, 0.5) is 0 Å². The summed E-state index contributed by atoms with van der Waals surface area (Å²) >= 11 is 0. The highest BCUT2D eigenvalue weighted by molar-refractivity contribution is 5.79. The number of rotatable bonds is 3. The minimum absolute atomic E-state index is 0.0462. The van der Waals surface area contributed by atoms with Crippen LogP contribution in [0.2, 0.25) is 0 Å². The lowest BCUT2D eigenvalue weighted by Crippen LogP contribution is -2.41. The Hall–Kier alpha value is -0.870. The number of nitrogens with two attached hydrogens (primary N) is 1. The Bertz CT molecular complexity index is 206.